The normalized spacial score (nSPS) is 14.1. The number of thioether (sulfide) groups is 1. The summed E-state index contributed by atoms with van der Waals surface area (Å²) in [5.41, 5.74) is 7.19. The maximum atomic E-state index is 12.8. The van der Waals surface area contributed by atoms with Crippen molar-refractivity contribution in [3.05, 3.63) is 48.0 Å². The summed E-state index contributed by atoms with van der Waals surface area (Å²) in [6.07, 6.45) is 3.84. The van der Waals surface area contributed by atoms with Gasteiger partial charge < -0.3 is 5.73 Å². The predicted molar refractivity (Wildman–Crippen MR) is 86.0 cm³/mol. The van der Waals surface area contributed by atoms with Crippen LogP contribution in [0.15, 0.2) is 41.4 Å². The summed E-state index contributed by atoms with van der Waals surface area (Å²) in [5, 5.41) is 4.57. The molecule has 2 aromatic rings. The zero-order valence-electron chi connectivity index (χ0n) is 12.5. The SMILES string of the molecule is CCC(C)n1ccc(CC(N)CSc2ccc(F)cc2)n1. The molecular weight excluding hydrogens is 285 g/mol. The molecule has 1 aromatic carbocycles. The zero-order valence-corrected chi connectivity index (χ0v) is 13.3. The average Bonchev–Trinajstić information content (AvgIpc) is 2.94. The Morgan fingerprint density at radius 2 is 2.00 bits per heavy atom. The number of rotatable bonds is 7. The second-order valence-corrected chi connectivity index (χ2v) is 6.37. The molecule has 0 saturated heterocycles. The zero-order chi connectivity index (χ0) is 15.2. The number of halogens is 1. The molecule has 5 heteroatoms. The van der Waals surface area contributed by atoms with Crippen molar-refractivity contribution in [3.63, 3.8) is 0 Å². The first-order valence-corrected chi connectivity index (χ1v) is 8.25. The topological polar surface area (TPSA) is 43.8 Å². The second-order valence-electron chi connectivity index (χ2n) is 5.27. The van der Waals surface area contributed by atoms with Crippen LogP contribution in [-0.4, -0.2) is 21.6 Å². The first-order valence-electron chi connectivity index (χ1n) is 7.26. The van der Waals surface area contributed by atoms with Crippen LogP contribution in [-0.2, 0) is 6.42 Å². The van der Waals surface area contributed by atoms with Crippen LogP contribution in [0.4, 0.5) is 4.39 Å². The number of nitrogens with zero attached hydrogens (tertiary/aromatic N) is 2. The van der Waals surface area contributed by atoms with Gasteiger partial charge in [-0.15, -0.1) is 11.8 Å². The summed E-state index contributed by atoms with van der Waals surface area (Å²) in [7, 11) is 0. The first-order chi connectivity index (χ1) is 10.1. The Hall–Kier alpha value is -1.33. The Morgan fingerprint density at radius 3 is 2.67 bits per heavy atom. The van der Waals surface area contributed by atoms with E-state index in [1.54, 1.807) is 23.9 Å². The lowest BCUT2D eigenvalue weighted by Gasteiger charge is -2.11. The quantitative estimate of drug-likeness (QED) is 0.794. The van der Waals surface area contributed by atoms with Gasteiger partial charge in [0, 0.05) is 35.3 Å². The molecule has 0 aliphatic rings. The maximum absolute atomic E-state index is 12.8. The molecule has 0 aliphatic carbocycles. The molecule has 0 aliphatic heterocycles. The van der Waals surface area contributed by atoms with Crippen LogP contribution in [0.2, 0.25) is 0 Å². The van der Waals surface area contributed by atoms with Crippen molar-refractivity contribution < 1.29 is 4.39 Å². The highest BCUT2D eigenvalue weighted by Gasteiger charge is 2.09. The third kappa shape index (κ3) is 4.86. The van der Waals surface area contributed by atoms with E-state index in [-0.39, 0.29) is 11.9 Å². The third-order valence-corrected chi connectivity index (χ3v) is 4.66. The minimum Gasteiger partial charge on any atom is -0.327 e. The Balaban J connectivity index is 1.82. The van der Waals surface area contributed by atoms with Crippen molar-refractivity contribution in [2.24, 2.45) is 5.73 Å². The lowest BCUT2D eigenvalue weighted by atomic mass is 10.2. The van der Waals surface area contributed by atoms with Crippen molar-refractivity contribution in [1.29, 1.82) is 0 Å². The molecule has 0 saturated carbocycles. The highest BCUT2D eigenvalue weighted by atomic mass is 32.2. The fourth-order valence-corrected chi connectivity index (χ4v) is 2.83. The van der Waals surface area contributed by atoms with E-state index >= 15 is 0 Å². The van der Waals surface area contributed by atoms with Gasteiger partial charge in [0.05, 0.1) is 5.69 Å². The van der Waals surface area contributed by atoms with Crippen molar-refractivity contribution >= 4 is 11.8 Å². The predicted octanol–water partition coefficient (Wildman–Crippen LogP) is 3.66. The molecule has 0 spiro atoms. The molecule has 1 aromatic heterocycles. The van der Waals surface area contributed by atoms with Gasteiger partial charge in [0.2, 0.25) is 0 Å². The van der Waals surface area contributed by atoms with E-state index in [0.717, 1.165) is 29.2 Å². The van der Waals surface area contributed by atoms with E-state index in [1.165, 1.54) is 12.1 Å². The monoisotopic (exact) mass is 307 g/mol. The van der Waals surface area contributed by atoms with Gasteiger partial charge in [-0.3, -0.25) is 4.68 Å². The smallest absolute Gasteiger partial charge is 0.123 e. The average molecular weight is 307 g/mol. The number of hydrogen-bond acceptors (Lipinski definition) is 3. The molecule has 0 amide bonds. The summed E-state index contributed by atoms with van der Waals surface area (Å²) in [4.78, 5) is 1.04. The van der Waals surface area contributed by atoms with E-state index in [1.807, 2.05) is 16.9 Å². The van der Waals surface area contributed by atoms with Crippen molar-refractivity contribution in [3.8, 4) is 0 Å². The third-order valence-electron chi connectivity index (χ3n) is 3.46. The van der Waals surface area contributed by atoms with E-state index in [2.05, 4.69) is 18.9 Å². The van der Waals surface area contributed by atoms with Gasteiger partial charge in [0.15, 0.2) is 0 Å². The van der Waals surface area contributed by atoms with Gasteiger partial charge in [-0.2, -0.15) is 5.10 Å². The van der Waals surface area contributed by atoms with E-state index in [0.29, 0.717) is 6.04 Å². The molecule has 21 heavy (non-hydrogen) atoms. The molecule has 0 fully saturated rings. The van der Waals surface area contributed by atoms with Gasteiger partial charge in [-0.05, 0) is 43.7 Å². The molecule has 2 rings (SSSR count). The Labute approximate surface area is 129 Å². The minimum absolute atomic E-state index is 0.0420. The molecule has 0 bridgehead atoms. The minimum atomic E-state index is -0.209. The Kier molecular flexibility index (Phi) is 5.82. The number of hydrogen-bond donors (Lipinski definition) is 1. The van der Waals surface area contributed by atoms with Gasteiger partial charge >= 0.3 is 0 Å². The molecular formula is C16H22FN3S. The molecule has 2 N–H and O–H groups in total. The summed E-state index contributed by atoms with van der Waals surface area (Å²) in [6, 6.07) is 9.01. The van der Waals surface area contributed by atoms with Crippen molar-refractivity contribution in [2.75, 3.05) is 5.75 Å². The summed E-state index contributed by atoms with van der Waals surface area (Å²) in [6.45, 7) is 4.30. The first kappa shape index (κ1) is 16.0. The molecule has 0 radical (unpaired) electrons. The largest absolute Gasteiger partial charge is 0.327 e. The molecule has 114 valence electrons. The van der Waals surface area contributed by atoms with Crippen LogP contribution in [0.25, 0.3) is 0 Å². The lowest BCUT2D eigenvalue weighted by molar-refractivity contribution is 0.472. The summed E-state index contributed by atoms with van der Waals surface area (Å²) >= 11 is 1.65. The second kappa shape index (κ2) is 7.61. The van der Waals surface area contributed by atoms with Crippen molar-refractivity contribution in [2.45, 2.75) is 43.7 Å². The fraction of sp³-hybridized carbons (Fsp3) is 0.438. The Bertz CT molecular complexity index is 553. The van der Waals surface area contributed by atoms with E-state index in [4.69, 9.17) is 5.73 Å². The van der Waals surface area contributed by atoms with Gasteiger partial charge in [-0.25, -0.2) is 4.39 Å². The van der Waals surface area contributed by atoms with Crippen LogP contribution in [0.5, 0.6) is 0 Å². The van der Waals surface area contributed by atoms with Crippen LogP contribution in [0, 0.1) is 5.82 Å². The Morgan fingerprint density at radius 1 is 1.29 bits per heavy atom. The molecule has 1 heterocycles. The van der Waals surface area contributed by atoms with Crippen LogP contribution < -0.4 is 5.73 Å². The number of nitrogens with two attached hydrogens (primary N) is 1. The molecule has 2 atom stereocenters. The lowest BCUT2D eigenvalue weighted by Crippen LogP contribution is -2.25. The fourth-order valence-electron chi connectivity index (χ4n) is 1.98. The van der Waals surface area contributed by atoms with Crippen molar-refractivity contribution in [1.82, 2.24) is 9.78 Å². The van der Waals surface area contributed by atoms with E-state index < -0.39 is 0 Å². The van der Waals surface area contributed by atoms with Gasteiger partial charge in [-0.1, -0.05) is 6.92 Å². The van der Waals surface area contributed by atoms with Crippen LogP contribution >= 0.6 is 11.8 Å². The standard InChI is InChI=1S/C16H22FN3S/c1-3-12(2)20-9-8-15(19-20)10-14(18)11-21-16-6-4-13(17)5-7-16/h4-9,12,14H,3,10-11,18H2,1-2H3. The maximum Gasteiger partial charge on any atom is 0.123 e. The van der Waals surface area contributed by atoms with Gasteiger partial charge in [0.25, 0.3) is 0 Å². The molecule has 3 nitrogen and oxygen atoms in total. The van der Waals surface area contributed by atoms with Gasteiger partial charge in [0.1, 0.15) is 5.82 Å². The van der Waals surface area contributed by atoms with Crippen LogP contribution in [0.1, 0.15) is 32.0 Å². The summed E-state index contributed by atoms with van der Waals surface area (Å²) < 4.78 is 14.8. The van der Waals surface area contributed by atoms with E-state index in [9.17, 15) is 4.39 Å². The van der Waals surface area contributed by atoms with Crippen LogP contribution in [0.3, 0.4) is 0 Å². The highest BCUT2D eigenvalue weighted by Crippen LogP contribution is 2.19. The number of aromatic nitrogens is 2. The molecule has 2 unspecified atom stereocenters. The highest BCUT2D eigenvalue weighted by molar-refractivity contribution is 7.99. The number of benzene rings is 1. The summed E-state index contributed by atoms with van der Waals surface area (Å²) in [5.74, 6) is 0.584.